The van der Waals surface area contributed by atoms with Gasteiger partial charge >= 0.3 is 0 Å². The number of fused-ring (bicyclic) bond motifs is 1. The molecule has 0 saturated carbocycles. The SMILES string of the molecule is O=C(CN1CCC(CCN2Cc3ccccc3C2=O)C1)c1ccc(F)cc1. The molecule has 0 aromatic heterocycles. The lowest BCUT2D eigenvalue weighted by Gasteiger charge is -2.19. The van der Waals surface area contributed by atoms with Gasteiger partial charge < -0.3 is 4.90 Å². The highest BCUT2D eigenvalue weighted by molar-refractivity contribution is 5.98. The topological polar surface area (TPSA) is 40.6 Å². The van der Waals surface area contributed by atoms with Gasteiger partial charge in [-0.3, -0.25) is 14.5 Å². The van der Waals surface area contributed by atoms with Gasteiger partial charge in [-0.25, -0.2) is 4.39 Å². The highest BCUT2D eigenvalue weighted by Gasteiger charge is 2.29. The summed E-state index contributed by atoms with van der Waals surface area (Å²) in [4.78, 5) is 28.9. The van der Waals surface area contributed by atoms with Crippen LogP contribution in [0, 0.1) is 11.7 Å². The number of amides is 1. The zero-order chi connectivity index (χ0) is 18.8. The molecule has 1 saturated heterocycles. The van der Waals surface area contributed by atoms with Crippen LogP contribution in [0.1, 0.15) is 39.1 Å². The van der Waals surface area contributed by atoms with E-state index in [1.54, 1.807) is 12.1 Å². The van der Waals surface area contributed by atoms with E-state index in [1.807, 2.05) is 29.2 Å². The number of ketones is 1. The minimum absolute atomic E-state index is 0.0285. The van der Waals surface area contributed by atoms with Crippen LogP contribution in [-0.4, -0.2) is 47.7 Å². The summed E-state index contributed by atoms with van der Waals surface area (Å²) in [5.41, 5.74) is 2.50. The number of halogens is 1. The molecule has 0 aliphatic carbocycles. The Balaban J connectivity index is 1.25. The zero-order valence-electron chi connectivity index (χ0n) is 15.2. The van der Waals surface area contributed by atoms with Crippen LogP contribution in [0.3, 0.4) is 0 Å². The molecule has 0 N–H and O–H groups in total. The summed E-state index contributed by atoms with van der Waals surface area (Å²) in [5, 5.41) is 0. The molecule has 1 amide bonds. The van der Waals surface area contributed by atoms with E-state index < -0.39 is 0 Å². The number of benzene rings is 2. The number of carbonyl (C=O) groups excluding carboxylic acids is 2. The number of carbonyl (C=O) groups is 2. The van der Waals surface area contributed by atoms with Gasteiger partial charge in [0.25, 0.3) is 5.91 Å². The lowest BCUT2D eigenvalue weighted by Crippen LogP contribution is -2.29. The molecule has 1 fully saturated rings. The summed E-state index contributed by atoms with van der Waals surface area (Å²) in [5.74, 6) is 0.335. The third-order valence-electron chi connectivity index (χ3n) is 5.61. The number of hydrogen-bond acceptors (Lipinski definition) is 3. The normalized spacial score (nSPS) is 19.5. The Bertz CT molecular complexity index is 850. The maximum Gasteiger partial charge on any atom is 0.254 e. The fraction of sp³-hybridized carbons (Fsp3) is 0.364. The first-order chi connectivity index (χ1) is 13.1. The van der Waals surface area contributed by atoms with Crippen LogP contribution < -0.4 is 0 Å². The number of Topliss-reactive ketones (excluding diaryl/α,β-unsaturated/α-hetero) is 1. The molecule has 4 nitrogen and oxygen atoms in total. The van der Waals surface area contributed by atoms with Crippen LogP contribution in [0.25, 0.3) is 0 Å². The largest absolute Gasteiger partial charge is 0.334 e. The fourth-order valence-electron chi connectivity index (χ4n) is 4.06. The molecule has 5 heteroatoms. The molecule has 27 heavy (non-hydrogen) atoms. The summed E-state index contributed by atoms with van der Waals surface area (Å²) >= 11 is 0. The molecular weight excluding hydrogens is 343 g/mol. The molecule has 2 aliphatic heterocycles. The van der Waals surface area contributed by atoms with E-state index >= 15 is 0 Å². The molecule has 0 bridgehead atoms. The minimum Gasteiger partial charge on any atom is -0.334 e. The van der Waals surface area contributed by atoms with Crippen LogP contribution in [0.4, 0.5) is 4.39 Å². The van der Waals surface area contributed by atoms with Gasteiger partial charge in [0, 0.05) is 30.8 Å². The summed E-state index contributed by atoms with van der Waals surface area (Å²) in [6.45, 7) is 3.61. The summed E-state index contributed by atoms with van der Waals surface area (Å²) in [6, 6.07) is 13.5. The van der Waals surface area contributed by atoms with Gasteiger partial charge in [-0.1, -0.05) is 18.2 Å². The summed E-state index contributed by atoms with van der Waals surface area (Å²) < 4.78 is 13.0. The molecule has 4 rings (SSSR count). The Hall–Kier alpha value is -2.53. The van der Waals surface area contributed by atoms with Crippen molar-refractivity contribution in [2.24, 2.45) is 5.92 Å². The number of likely N-dealkylation sites (tertiary alicyclic amines) is 1. The molecule has 2 aromatic carbocycles. The molecular formula is C22H23FN2O2. The van der Waals surface area contributed by atoms with Crippen molar-refractivity contribution in [2.45, 2.75) is 19.4 Å². The summed E-state index contributed by atoms with van der Waals surface area (Å²) in [6.07, 6.45) is 2.01. The smallest absolute Gasteiger partial charge is 0.254 e. The van der Waals surface area contributed by atoms with Crippen molar-refractivity contribution in [3.05, 3.63) is 71.0 Å². The van der Waals surface area contributed by atoms with E-state index in [4.69, 9.17) is 0 Å². The Labute approximate surface area is 158 Å². The van der Waals surface area contributed by atoms with Crippen molar-refractivity contribution < 1.29 is 14.0 Å². The van der Waals surface area contributed by atoms with Gasteiger partial charge in [-0.2, -0.15) is 0 Å². The van der Waals surface area contributed by atoms with Gasteiger partial charge in [0.15, 0.2) is 5.78 Å². The third kappa shape index (κ3) is 3.93. The van der Waals surface area contributed by atoms with Crippen molar-refractivity contribution in [3.63, 3.8) is 0 Å². The first kappa shape index (κ1) is 17.9. The average molecular weight is 366 g/mol. The van der Waals surface area contributed by atoms with Crippen molar-refractivity contribution >= 4 is 11.7 Å². The van der Waals surface area contributed by atoms with E-state index in [0.717, 1.165) is 43.6 Å². The molecule has 140 valence electrons. The lowest BCUT2D eigenvalue weighted by atomic mass is 10.0. The van der Waals surface area contributed by atoms with Crippen molar-refractivity contribution in [1.29, 1.82) is 0 Å². The monoisotopic (exact) mass is 366 g/mol. The van der Waals surface area contributed by atoms with Gasteiger partial charge in [-0.15, -0.1) is 0 Å². The van der Waals surface area contributed by atoms with E-state index in [9.17, 15) is 14.0 Å². The van der Waals surface area contributed by atoms with E-state index in [-0.39, 0.29) is 17.5 Å². The molecule has 1 atom stereocenters. The molecule has 0 spiro atoms. The van der Waals surface area contributed by atoms with Crippen molar-refractivity contribution in [1.82, 2.24) is 9.80 Å². The second kappa shape index (κ2) is 7.61. The maximum atomic E-state index is 13.0. The van der Waals surface area contributed by atoms with Gasteiger partial charge in [0.2, 0.25) is 0 Å². The van der Waals surface area contributed by atoms with Crippen LogP contribution in [0.15, 0.2) is 48.5 Å². The molecule has 2 heterocycles. The Morgan fingerprint density at radius 1 is 1.11 bits per heavy atom. The second-order valence-corrected chi connectivity index (χ2v) is 7.49. The van der Waals surface area contributed by atoms with Crippen molar-refractivity contribution in [2.75, 3.05) is 26.2 Å². The number of rotatable bonds is 6. The Morgan fingerprint density at radius 3 is 2.67 bits per heavy atom. The predicted molar refractivity (Wildman–Crippen MR) is 101 cm³/mol. The van der Waals surface area contributed by atoms with Crippen LogP contribution in [0.2, 0.25) is 0 Å². The molecule has 1 unspecified atom stereocenters. The highest BCUT2D eigenvalue weighted by atomic mass is 19.1. The zero-order valence-corrected chi connectivity index (χ0v) is 15.2. The minimum atomic E-state index is -0.327. The first-order valence-electron chi connectivity index (χ1n) is 9.48. The van der Waals surface area contributed by atoms with E-state index in [0.29, 0.717) is 24.6 Å². The molecule has 2 aromatic rings. The van der Waals surface area contributed by atoms with Gasteiger partial charge in [-0.05, 0) is 61.2 Å². The van der Waals surface area contributed by atoms with E-state index in [1.165, 1.54) is 12.1 Å². The van der Waals surface area contributed by atoms with E-state index in [2.05, 4.69) is 4.90 Å². The predicted octanol–water partition coefficient (Wildman–Crippen LogP) is 3.38. The fourth-order valence-corrected chi connectivity index (χ4v) is 4.06. The first-order valence-corrected chi connectivity index (χ1v) is 9.48. The number of hydrogen-bond donors (Lipinski definition) is 0. The van der Waals surface area contributed by atoms with Crippen LogP contribution in [0.5, 0.6) is 0 Å². The molecule has 2 aliphatic rings. The standard InChI is InChI=1S/C22H23FN2O2/c23-19-7-5-17(6-8-19)21(26)15-24-11-9-16(13-24)10-12-25-14-18-3-1-2-4-20(18)22(25)27/h1-8,16H,9-15H2. The quantitative estimate of drug-likeness (QED) is 0.736. The van der Waals surface area contributed by atoms with Gasteiger partial charge in [0.1, 0.15) is 5.82 Å². The van der Waals surface area contributed by atoms with Crippen molar-refractivity contribution in [3.8, 4) is 0 Å². The number of nitrogens with zero attached hydrogens (tertiary/aromatic N) is 2. The van der Waals surface area contributed by atoms with Crippen LogP contribution in [-0.2, 0) is 6.54 Å². The summed E-state index contributed by atoms with van der Waals surface area (Å²) in [7, 11) is 0. The average Bonchev–Trinajstić information content (AvgIpc) is 3.25. The Morgan fingerprint density at radius 2 is 1.89 bits per heavy atom. The maximum absolute atomic E-state index is 13.0. The van der Waals surface area contributed by atoms with Crippen LogP contribution >= 0.6 is 0 Å². The third-order valence-corrected chi connectivity index (χ3v) is 5.61. The second-order valence-electron chi connectivity index (χ2n) is 7.49. The highest BCUT2D eigenvalue weighted by Crippen LogP contribution is 2.25. The van der Waals surface area contributed by atoms with Gasteiger partial charge in [0.05, 0.1) is 6.54 Å². The Kier molecular flexibility index (Phi) is 5.03. The molecule has 0 radical (unpaired) electrons. The lowest BCUT2D eigenvalue weighted by molar-refractivity contribution is 0.0769.